The first-order chi connectivity index (χ1) is 9.24. The molecule has 102 valence electrons. The van der Waals surface area contributed by atoms with Crippen molar-refractivity contribution >= 4 is 17.3 Å². The molecule has 0 aromatic heterocycles. The van der Waals surface area contributed by atoms with Gasteiger partial charge in [-0.15, -0.1) is 11.6 Å². The second-order valence-electron chi connectivity index (χ2n) is 5.06. The first kappa shape index (κ1) is 14.2. The lowest BCUT2D eigenvalue weighted by molar-refractivity contribution is 0.0576. The average Bonchev–Trinajstić information content (AvgIpc) is 2.47. The summed E-state index contributed by atoms with van der Waals surface area (Å²) in [5, 5.41) is 9.25. The number of rotatable bonds is 4. The third kappa shape index (κ3) is 3.62. The number of hydrogen-bond acceptors (Lipinski definition) is 3. The normalized spacial score (nSPS) is 18.9. The van der Waals surface area contributed by atoms with Crippen LogP contribution in [0.2, 0.25) is 0 Å². The van der Waals surface area contributed by atoms with Crippen molar-refractivity contribution in [2.45, 2.75) is 18.7 Å². The number of anilines is 1. The van der Waals surface area contributed by atoms with Gasteiger partial charge < -0.3 is 9.64 Å². The molecule has 1 aliphatic heterocycles. The second kappa shape index (κ2) is 6.79. The number of hydrogen-bond donors (Lipinski definition) is 0. The zero-order valence-corrected chi connectivity index (χ0v) is 12.0. The fraction of sp³-hybridized carbons (Fsp3) is 0.533. The molecule has 1 atom stereocenters. The number of nitriles is 1. The molecule has 1 heterocycles. The Labute approximate surface area is 119 Å². The third-order valence-corrected chi connectivity index (χ3v) is 3.84. The molecule has 1 unspecified atom stereocenters. The van der Waals surface area contributed by atoms with Gasteiger partial charge in [0.2, 0.25) is 0 Å². The van der Waals surface area contributed by atoms with Crippen molar-refractivity contribution in [1.29, 1.82) is 5.26 Å². The van der Waals surface area contributed by atoms with E-state index in [9.17, 15) is 5.26 Å². The largest absolute Gasteiger partial charge is 0.381 e. The van der Waals surface area contributed by atoms with Gasteiger partial charge in [0.15, 0.2) is 0 Å². The summed E-state index contributed by atoms with van der Waals surface area (Å²) < 4.78 is 5.50. The smallest absolute Gasteiger partial charge is 0.101 e. The van der Waals surface area contributed by atoms with Crippen LogP contribution in [0.15, 0.2) is 18.2 Å². The van der Waals surface area contributed by atoms with E-state index in [0.29, 0.717) is 17.4 Å². The van der Waals surface area contributed by atoms with Gasteiger partial charge in [0.25, 0.3) is 0 Å². The Morgan fingerprint density at radius 1 is 1.53 bits per heavy atom. The van der Waals surface area contributed by atoms with Gasteiger partial charge in [0, 0.05) is 26.1 Å². The zero-order chi connectivity index (χ0) is 13.7. The molecule has 0 aliphatic carbocycles. The summed E-state index contributed by atoms with van der Waals surface area (Å²) in [5.41, 5.74) is 2.65. The lowest BCUT2D eigenvalue weighted by Gasteiger charge is -2.29. The molecule has 0 N–H and O–H groups in total. The molecule has 0 bridgehead atoms. The van der Waals surface area contributed by atoms with Gasteiger partial charge in [-0.05, 0) is 36.5 Å². The molecular formula is C15H19ClN2O. The first-order valence-corrected chi connectivity index (χ1v) is 7.16. The van der Waals surface area contributed by atoms with Gasteiger partial charge in [0.1, 0.15) is 6.07 Å². The van der Waals surface area contributed by atoms with Gasteiger partial charge in [-0.1, -0.05) is 6.07 Å². The summed E-state index contributed by atoms with van der Waals surface area (Å²) in [4.78, 5) is 2.15. The first-order valence-electron chi connectivity index (χ1n) is 6.62. The fourth-order valence-corrected chi connectivity index (χ4v) is 2.69. The van der Waals surface area contributed by atoms with Crippen LogP contribution in [0.1, 0.15) is 24.0 Å². The molecule has 3 nitrogen and oxygen atoms in total. The Balaban J connectivity index is 2.09. The van der Waals surface area contributed by atoms with Crippen LogP contribution in [0.3, 0.4) is 0 Å². The van der Waals surface area contributed by atoms with Crippen LogP contribution in [0.25, 0.3) is 0 Å². The number of alkyl halides is 1. The zero-order valence-electron chi connectivity index (χ0n) is 11.2. The molecule has 19 heavy (non-hydrogen) atoms. The molecule has 1 aliphatic rings. The Kier molecular flexibility index (Phi) is 5.07. The van der Waals surface area contributed by atoms with Gasteiger partial charge in [-0.2, -0.15) is 5.26 Å². The van der Waals surface area contributed by atoms with Crippen LogP contribution >= 0.6 is 11.6 Å². The lowest BCUT2D eigenvalue weighted by Crippen LogP contribution is -2.31. The monoisotopic (exact) mass is 278 g/mol. The summed E-state index contributed by atoms with van der Waals surface area (Å²) in [6.45, 7) is 2.63. The SMILES string of the molecule is CN(CC1CCCOC1)c1ccc(CCl)cc1C#N. The molecule has 4 heteroatoms. The number of ether oxygens (including phenoxy) is 1. The lowest BCUT2D eigenvalue weighted by atomic mass is 10.0. The molecule has 1 saturated heterocycles. The van der Waals surface area contributed by atoms with Crippen LogP contribution in [0, 0.1) is 17.2 Å². The Bertz CT molecular complexity index is 464. The van der Waals surface area contributed by atoms with Crippen molar-refractivity contribution in [3.8, 4) is 6.07 Å². The van der Waals surface area contributed by atoms with E-state index in [0.717, 1.165) is 37.4 Å². The van der Waals surface area contributed by atoms with Crippen LogP contribution in [-0.2, 0) is 10.6 Å². The highest BCUT2D eigenvalue weighted by atomic mass is 35.5. The van der Waals surface area contributed by atoms with Crippen molar-refractivity contribution in [3.63, 3.8) is 0 Å². The van der Waals surface area contributed by atoms with E-state index in [2.05, 4.69) is 11.0 Å². The molecule has 0 amide bonds. The van der Waals surface area contributed by atoms with Crippen LogP contribution in [-0.4, -0.2) is 26.8 Å². The van der Waals surface area contributed by atoms with Crippen molar-refractivity contribution in [2.24, 2.45) is 5.92 Å². The second-order valence-corrected chi connectivity index (χ2v) is 5.33. The summed E-state index contributed by atoms with van der Waals surface area (Å²) >= 11 is 5.80. The van der Waals surface area contributed by atoms with Gasteiger partial charge in [-0.3, -0.25) is 0 Å². The van der Waals surface area contributed by atoms with E-state index in [4.69, 9.17) is 16.3 Å². The predicted molar refractivity (Wildman–Crippen MR) is 77.5 cm³/mol. The Hall–Kier alpha value is -1.24. The highest BCUT2D eigenvalue weighted by molar-refractivity contribution is 6.17. The summed E-state index contributed by atoms with van der Waals surface area (Å²) in [6, 6.07) is 8.10. The van der Waals surface area contributed by atoms with Crippen molar-refractivity contribution in [3.05, 3.63) is 29.3 Å². The number of benzene rings is 1. The van der Waals surface area contributed by atoms with Gasteiger partial charge in [0.05, 0.1) is 17.9 Å². The highest BCUT2D eigenvalue weighted by Crippen LogP contribution is 2.24. The molecule has 0 spiro atoms. The minimum absolute atomic E-state index is 0.440. The van der Waals surface area contributed by atoms with E-state index in [1.54, 1.807) is 0 Å². The van der Waals surface area contributed by atoms with Crippen molar-refractivity contribution < 1.29 is 4.74 Å². The van der Waals surface area contributed by atoms with Crippen LogP contribution in [0.4, 0.5) is 5.69 Å². The predicted octanol–water partition coefficient (Wildman–Crippen LogP) is 3.16. The van der Waals surface area contributed by atoms with Gasteiger partial charge >= 0.3 is 0 Å². The Morgan fingerprint density at radius 2 is 2.37 bits per heavy atom. The average molecular weight is 279 g/mol. The summed E-state index contributed by atoms with van der Waals surface area (Å²) in [6.07, 6.45) is 2.33. The molecule has 0 saturated carbocycles. The molecule has 2 rings (SSSR count). The van der Waals surface area contributed by atoms with E-state index in [-0.39, 0.29) is 0 Å². The Morgan fingerprint density at radius 3 is 3.00 bits per heavy atom. The maximum absolute atomic E-state index is 9.25. The fourth-order valence-electron chi connectivity index (χ4n) is 2.53. The van der Waals surface area contributed by atoms with E-state index in [1.807, 2.05) is 25.2 Å². The van der Waals surface area contributed by atoms with Gasteiger partial charge in [-0.25, -0.2) is 0 Å². The van der Waals surface area contributed by atoms with Crippen molar-refractivity contribution in [1.82, 2.24) is 0 Å². The van der Waals surface area contributed by atoms with E-state index in [1.165, 1.54) is 6.42 Å². The quantitative estimate of drug-likeness (QED) is 0.794. The molecule has 1 aromatic carbocycles. The third-order valence-electron chi connectivity index (χ3n) is 3.53. The van der Waals surface area contributed by atoms with Crippen LogP contribution < -0.4 is 4.90 Å². The minimum Gasteiger partial charge on any atom is -0.381 e. The number of halogens is 1. The molecule has 1 aromatic rings. The standard InChI is InChI=1S/C15H19ClN2O/c1-18(10-13-3-2-6-19-11-13)15-5-4-12(8-16)7-14(15)9-17/h4-5,7,13H,2-3,6,8,10-11H2,1H3. The molecule has 0 radical (unpaired) electrons. The molecular weight excluding hydrogens is 260 g/mol. The van der Waals surface area contributed by atoms with Crippen molar-refractivity contribution in [2.75, 3.05) is 31.7 Å². The molecule has 1 fully saturated rings. The highest BCUT2D eigenvalue weighted by Gasteiger charge is 2.17. The maximum Gasteiger partial charge on any atom is 0.101 e. The maximum atomic E-state index is 9.25. The topological polar surface area (TPSA) is 36.3 Å². The number of nitrogens with zero attached hydrogens (tertiary/aromatic N) is 2. The van der Waals surface area contributed by atoms with E-state index < -0.39 is 0 Å². The summed E-state index contributed by atoms with van der Waals surface area (Å²) in [7, 11) is 2.03. The van der Waals surface area contributed by atoms with E-state index >= 15 is 0 Å². The minimum atomic E-state index is 0.440. The summed E-state index contributed by atoms with van der Waals surface area (Å²) in [5.74, 6) is 0.993. The van der Waals surface area contributed by atoms with Crippen LogP contribution in [0.5, 0.6) is 0 Å².